The quantitative estimate of drug-likeness (QED) is 0.804. The molecule has 1 aromatic rings. The highest BCUT2D eigenvalue weighted by Crippen LogP contribution is 2.05. The van der Waals surface area contributed by atoms with Crippen LogP contribution < -0.4 is 5.32 Å². The van der Waals surface area contributed by atoms with Gasteiger partial charge in [-0.15, -0.1) is 0 Å². The smallest absolute Gasteiger partial charge is 0.231 e. The van der Waals surface area contributed by atoms with Crippen LogP contribution in [-0.2, 0) is 11.3 Å². The lowest BCUT2D eigenvalue weighted by molar-refractivity contribution is -0.118. The van der Waals surface area contributed by atoms with E-state index in [1.54, 1.807) is 0 Å². The third-order valence-corrected chi connectivity index (χ3v) is 1.89. The van der Waals surface area contributed by atoms with Crippen LogP contribution in [0.15, 0.2) is 16.5 Å². The van der Waals surface area contributed by atoms with Gasteiger partial charge in [0.2, 0.25) is 5.91 Å². The second kappa shape index (κ2) is 4.30. The van der Waals surface area contributed by atoms with Crippen LogP contribution in [0.3, 0.4) is 0 Å². The molecule has 0 fully saturated rings. The molecule has 66 valence electrons. The molecule has 0 radical (unpaired) electrons. The number of hydrogen-bond acceptors (Lipinski definition) is 2. The summed E-state index contributed by atoms with van der Waals surface area (Å²) in [5.41, 5.74) is 0. The van der Waals surface area contributed by atoms with E-state index in [4.69, 9.17) is 4.42 Å². The molecule has 0 aliphatic rings. The number of nitrogens with one attached hydrogen (secondary N) is 1. The normalized spacial score (nSPS) is 9.83. The van der Waals surface area contributed by atoms with Crippen molar-refractivity contribution in [2.75, 3.05) is 5.33 Å². The fourth-order valence-electron chi connectivity index (χ4n) is 0.813. The molecule has 0 aliphatic heterocycles. The molecule has 1 amide bonds. The minimum absolute atomic E-state index is 0.0379. The van der Waals surface area contributed by atoms with E-state index in [9.17, 15) is 4.79 Å². The molecule has 0 aromatic carbocycles. The molecule has 0 saturated carbocycles. The van der Waals surface area contributed by atoms with Gasteiger partial charge in [0.15, 0.2) is 0 Å². The standard InChI is InChI=1S/C8H10BrNO2/c1-6-2-3-7(12-6)5-10-8(11)4-9/h2-3H,4-5H2,1H3,(H,10,11). The topological polar surface area (TPSA) is 42.2 Å². The predicted octanol–water partition coefficient (Wildman–Crippen LogP) is 1.60. The van der Waals surface area contributed by atoms with Gasteiger partial charge in [-0.25, -0.2) is 0 Å². The van der Waals surface area contributed by atoms with E-state index in [0.717, 1.165) is 11.5 Å². The number of rotatable bonds is 3. The number of hydrogen-bond donors (Lipinski definition) is 1. The first-order chi connectivity index (χ1) is 5.72. The summed E-state index contributed by atoms with van der Waals surface area (Å²) in [6, 6.07) is 3.72. The molecule has 0 aliphatic carbocycles. The number of furan rings is 1. The average molecular weight is 232 g/mol. The minimum atomic E-state index is -0.0379. The molecule has 4 heteroatoms. The fraction of sp³-hybridized carbons (Fsp3) is 0.375. The van der Waals surface area contributed by atoms with Crippen molar-refractivity contribution in [1.82, 2.24) is 5.32 Å². The van der Waals surface area contributed by atoms with Crippen molar-refractivity contribution in [3.8, 4) is 0 Å². The van der Waals surface area contributed by atoms with Crippen molar-refractivity contribution in [2.24, 2.45) is 0 Å². The first kappa shape index (κ1) is 9.32. The predicted molar refractivity (Wildman–Crippen MR) is 49.1 cm³/mol. The summed E-state index contributed by atoms with van der Waals surface area (Å²) in [4.78, 5) is 10.8. The van der Waals surface area contributed by atoms with E-state index in [1.165, 1.54) is 0 Å². The Morgan fingerprint density at radius 3 is 2.92 bits per heavy atom. The molecule has 0 unspecified atom stereocenters. The molecule has 1 heterocycles. The number of carbonyl (C=O) groups excluding carboxylic acids is 1. The van der Waals surface area contributed by atoms with Crippen molar-refractivity contribution in [3.63, 3.8) is 0 Å². The Labute approximate surface area is 79.3 Å². The number of halogens is 1. The lowest BCUT2D eigenvalue weighted by Crippen LogP contribution is -2.23. The first-order valence-corrected chi connectivity index (χ1v) is 4.72. The zero-order valence-corrected chi connectivity index (χ0v) is 8.35. The van der Waals surface area contributed by atoms with Gasteiger partial charge in [0.05, 0.1) is 11.9 Å². The Hall–Kier alpha value is -0.770. The van der Waals surface area contributed by atoms with Crippen molar-refractivity contribution >= 4 is 21.8 Å². The highest BCUT2D eigenvalue weighted by atomic mass is 79.9. The molecule has 0 bridgehead atoms. The van der Waals surface area contributed by atoms with Crippen LogP contribution in [0.2, 0.25) is 0 Å². The second-order valence-corrected chi connectivity index (χ2v) is 2.98. The third kappa shape index (κ3) is 2.70. The van der Waals surface area contributed by atoms with E-state index < -0.39 is 0 Å². The zero-order valence-electron chi connectivity index (χ0n) is 6.76. The SMILES string of the molecule is Cc1ccc(CNC(=O)CBr)o1. The molecule has 0 saturated heterocycles. The highest BCUT2D eigenvalue weighted by molar-refractivity contribution is 9.09. The summed E-state index contributed by atoms with van der Waals surface area (Å²) in [6.07, 6.45) is 0. The van der Waals surface area contributed by atoms with Gasteiger partial charge in [0.1, 0.15) is 11.5 Å². The maximum Gasteiger partial charge on any atom is 0.231 e. The fourth-order valence-corrected chi connectivity index (χ4v) is 1.01. The van der Waals surface area contributed by atoms with Gasteiger partial charge in [-0.1, -0.05) is 15.9 Å². The Morgan fingerprint density at radius 1 is 1.67 bits per heavy atom. The highest BCUT2D eigenvalue weighted by Gasteiger charge is 2.00. The van der Waals surface area contributed by atoms with Crippen molar-refractivity contribution in [1.29, 1.82) is 0 Å². The average Bonchev–Trinajstić information content (AvgIpc) is 2.47. The molecule has 0 spiro atoms. The molecule has 1 aromatic heterocycles. The second-order valence-electron chi connectivity index (χ2n) is 2.42. The summed E-state index contributed by atoms with van der Waals surface area (Å²) in [5, 5.41) is 3.01. The lowest BCUT2D eigenvalue weighted by atomic mass is 10.4. The summed E-state index contributed by atoms with van der Waals surface area (Å²) in [7, 11) is 0. The van der Waals surface area contributed by atoms with Gasteiger partial charge >= 0.3 is 0 Å². The van der Waals surface area contributed by atoms with Crippen LogP contribution in [0.25, 0.3) is 0 Å². The van der Waals surface area contributed by atoms with Crippen LogP contribution in [0, 0.1) is 6.92 Å². The van der Waals surface area contributed by atoms with Crippen molar-refractivity contribution in [2.45, 2.75) is 13.5 Å². The number of amides is 1. The van der Waals surface area contributed by atoms with Crippen LogP contribution in [-0.4, -0.2) is 11.2 Å². The van der Waals surface area contributed by atoms with E-state index >= 15 is 0 Å². The third-order valence-electron chi connectivity index (χ3n) is 1.38. The largest absolute Gasteiger partial charge is 0.465 e. The van der Waals surface area contributed by atoms with E-state index in [-0.39, 0.29) is 5.91 Å². The number of alkyl halides is 1. The Balaban J connectivity index is 2.38. The van der Waals surface area contributed by atoms with Crippen LogP contribution in [0.5, 0.6) is 0 Å². The lowest BCUT2D eigenvalue weighted by Gasteiger charge is -1.98. The molecule has 3 nitrogen and oxygen atoms in total. The first-order valence-electron chi connectivity index (χ1n) is 3.60. The number of aryl methyl sites for hydroxylation is 1. The van der Waals surface area contributed by atoms with Crippen molar-refractivity contribution in [3.05, 3.63) is 23.7 Å². The van der Waals surface area contributed by atoms with Gasteiger partial charge in [0, 0.05) is 0 Å². The molecule has 1 rings (SSSR count). The minimum Gasteiger partial charge on any atom is -0.465 e. The maximum atomic E-state index is 10.8. The van der Waals surface area contributed by atoms with E-state index in [0.29, 0.717) is 11.9 Å². The Kier molecular flexibility index (Phi) is 3.34. The van der Waals surface area contributed by atoms with E-state index in [1.807, 2.05) is 19.1 Å². The van der Waals surface area contributed by atoms with Gasteiger partial charge < -0.3 is 9.73 Å². The van der Waals surface area contributed by atoms with Crippen LogP contribution >= 0.6 is 15.9 Å². The molecular weight excluding hydrogens is 222 g/mol. The van der Waals surface area contributed by atoms with Gasteiger partial charge in [-0.05, 0) is 19.1 Å². The maximum absolute atomic E-state index is 10.8. The summed E-state index contributed by atoms with van der Waals surface area (Å²) < 4.78 is 5.25. The Bertz CT molecular complexity index is 270. The number of carbonyl (C=O) groups is 1. The van der Waals surface area contributed by atoms with E-state index in [2.05, 4.69) is 21.2 Å². The zero-order chi connectivity index (χ0) is 8.97. The summed E-state index contributed by atoms with van der Waals surface area (Å²) >= 11 is 3.05. The van der Waals surface area contributed by atoms with Gasteiger partial charge in [0.25, 0.3) is 0 Å². The molecule has 1 N–H and O–H groups in total. The van der Waals surface area contributed by atoms with Crippen LogP contribution in [0.4, 0.5) is 0 Å². The van der Waals surface area contributed by atoms with Crippen LogP contribution in [0.1, 0.15) is 11.5 Å². The van der Waals surface area contributed by atoms with Gasteiger partial charge in [-0.3, -0.25) is 4.79 Å². The van der Waals surface area contributed by atoms with Crippen molar-refractivity contribution < 1.29 is 9.21 Å². The molecular formula is C8H10BrNO2. The summed E-state index contributed by atoms with van der Waals surface area (Å²) in [6.45, 7) is 2.33. The monoisotopic (exact) mass is 231 g/mol. The molecule has 0 atom stereocenters. The summed E-state index contributed by atoms with van der Waals surface area (Å²) in [5.74, 6) is 1.60. The molecule has 12 heavy (non-hydrogen) atoms. The Morgan fingerprint density at radius 2 is 2.42 bits per heavy atom. The van der Waals surface area contributed by atoms with Gasteiger partial charge in [-0.2, -0.15) is 0 Å².